The van der Waals surface area contributed by atoms with E-state index in [1.807, 2.05) is 10.8 Å². The van der Waals surface area contributed by atoms with Gasteiger partial charge in [0.25, 0.3) is 0 Å². The fourth-order valence-electron chi connectivity index (χ4n) is 2.35. The summed E-state index contributed by atoms with van der Waals surface area (Å²) in [5, 5.41) is 0. The first-order valence-corrected chi connectivity index (χ1v) is 6.68. The first kappa shape index (κ1) is 15.3. The quantitative estimate of drug-likeness (QED) is 0.859. The van der Waals surface area contributed by atoms with Crippen LogP contribution in [0, 0.1) is 0 Å². The Morgan fingerprint density at radius 2 is 1.80 bits per heavy atom. The molecule has 8 heteroatoms. The molecule has 1 saturated heterocycles. The van der Waals surface area contributed by atoms with E-state index in [0.29, 0.717) is 39.3 Å². The number of nitrogens with two attached hydrogens (primary N) is 1. The molecule has 1 aliphatic rings. The summed E-state index contributed by atoms with van der Waals surface area (Å²) in [5.41, 5.74) is 6.40. The van der Waals surface area contributed by atoms with Crippen molar-refractivity contribution in [3.63, 3.8) is 0 Å². The lowest BCUT2D eigenvalue weighted by Gasteiger charge is -2.34. The highest BCUT2D eigenvalue weighted by Gasteiger charge is 2.32. The van der Waals surface area contributed by atoms with Crippen molar-refractivity contribution in [3.8, 4) is 0 Å². The van der Waals surface area contributed by atoms with Crippen LogP contribution in [0.2, 0.25) is 0 Å². The van der Waals surface area contributed by atoms with Gasteiger partial charge in [-0.2, -0.15) is 13.2 Å². The number of hydrogen-bond acceptors (Lipinski definition) is 4. The minimum Gasteiger partial charge on any atom is -0.336 e. The smallest absolute Gasteiger partial charge is 0.336 e. The van der Waals surface area contributed by atoms with Crippen molar-refractivity contribution in [1.29, 1.82) is 0 Å². The van der Waals surface area contributed by atoms with Gasteiger partial charge in [0.05, 0.1) is 18.6 Å². The highest BCUT2D eigenvalue weighted by atomic mass is 19.4. The van der Waals surface area contributed by atoms with Crippen LogP contribution < -0.4 is 5.73 Å². The average Bonchev–Trinajstić information content (AvgIpc) is 2.78. The number of imidazole rings is 1. The molecule has 2 heterocycles. The summed E-state index contributed by atoms with van der Waals surface area (Å²) in [7, 11) is 0. The van der Waals surface area contributed by atoms with Crippen LogP contribution in [0.25, 0.3) is 0 Å². The van der Waals surface area contributed by atoms with Crippen LogP contribution in [0.4, 0.5) is 13.2 Å². The summed E-state index contributed by atoms with van der Waals surface area (Å²) >= 11 is 0. The van der Waals surface area contributed by atoms with Crippen LogP contribution in [0.15, 0.2) is 12.5 Å². The molecular weight excluding hydrogens is 271 g/mol. The summed E-state index contributed by atoms with van der Waals surface area (Å²) < 4.78 is 38.8. The molecule has 0 saturated carbocycles. The molecule has 0 aliphatic carbocycles. The molecule has 0 aromatic carbocycles. The Hall–Kier alpha value is -1.12. The van der Waals surface area contributed by atoms with Gasteiger partial charge < -0.3 is 10.3 Å². The standard InChI is InChI=1S/C12H20F3N5/c13-12(14,15)9-19-5-3-18(4-6-19)7-11-8-20(2-1-16)10-17-11/h8,10H,1-7,9,16H2. The normalized spacial score (nSPS) is 18.6. The summed E-state index contributed by atoms with van der Waals surface area (Å²) in [5.74, 6) is 0. The average molecular weight is 291 g/mol. The van der Waals surface area contributed by atoms with Gasteiger partial charge >= 0.3 is 6.18 Å². The molecule has 0 spiro atoms. The van der Waals surface area contributed by atoms with Gasteiger partial charge in [0.1, 0.15) is 0 Å². The number of piperazine rings is 1. The van der Waals surface area contributed by atoms with Crippen molar-refractivity contribution in [1.82, 2.24) is 19.4 Å². The van der Waals surface area contributed by atoms with E-state index in [4.69, 9.17) is 5.73 Å². The van der Waals surface area contributed by atoms with Gasteiger partial charge in [-0.25, -0.2) is 4.98 Å². The molecule has 1 aromatic rings. The molecule has 20 heavy (non-hydrogen) atoms. The molecule has 114 valence electrons. The second-order valence-corrected chi connectivity index (χ2v) is 5.06. The summed E-state index contributed by atoms with van der Waals surface area (Å²) in [6.07, 6.45) is -0.430. The van der Waals surface area contributed by atoms with Gasteiger partial charge in [0.2, 0.25) is 0 Å². The van der Waals surface area contributed by atoms with Gasteiger partial charge in [-0.05, 0) is 0 Å². The Kier molecular flexibility index (Phi) is 5.00. The molecule has 0 bridgehead atoms. The highest BCUT2D eigenvalue weighted by molar-refractivity contribution is 4.97. The van der Waals surface area contributed by atoms with Crippen LogP contribution in [-0.2, 0) is 13.1 Å². The first-order chi connectivity index (χ1) is 9.46. The molecule has 1 aromatic heterocycles. The fourth-order valence-corrected chi connectivity index (χ4v) is 2.35. The first-order valence-electron chi connectivity index (χ1n) is 6.68. The number of halogens is 3. The van der Waals surface area contributed by atoms with Crippen LogP contribution in [0.3, 0.4) is 0 Å². The molecule has 1 fully saturated rings. The molecule has 2 N–H and O–H groups in total. The van der Waals surface area contributed by atoms with Gasteiger partial charge in [-0.3, -0.25) is 9.80 Å². The van der Waals surface area contributed by atoms with Crippen LogP contribution in [0.5, 0.6) is 0 Å². The molecule has 1 aliphatic heterocycles. The number of nitrogens with zero attached hydrogens (tertiary/aromatic N) is 4. The maximum Gasteiger partial charge on any atom is 0.401 e. The largest absolute Gasteiger partial charge is 0.401 e. The Balaban J connectivity index is 1.76. The zero-order valence-electron chi connectivity index (χ0n) is 11.3. The van der Waals surface area contributed by atoms with Crippen LogP contribution in [-0.4, -0.2) is 64.8 Å². The molecule has 5 nitrogen and oxygen atoms in total. The van der Waals surface area contributed by atoms with Crippen LogP contribution in [0.1, 0.15) is 5.69 Å². The van der Waals surface area contributed by atoms with Crippen molar-refractivity contribution in [2.45, 2.75) is 19.3 Å². The summed E-state index contributed by atoms with van der Waals surface area (Å²) in [6.45, 7) is 3.33. The van der Waals surface area contributed by atoms with E-state index in [2.05, 4.69) is 9.88 Å². The van der Waals surface area contributed by atoms with E-state index in [1.165, 1.54) is 4.90 Å². The van der Waals surface area contributed by atoms with E-state index in [1.54, 1.807) is 6.33 Å². The van der Waals surface area contributed by atoms with Crippen LogP contribution >= 0.6 is 0 Å². The topological polar surface area (TPSA) is 50.3 Å². The molecular formula is C12H20F3N5. The molecule has 0 radical (unpaired) electrons. The van der Waals surface area contributed by atoms with Gasteiger partial charge in [-0.1, -0.05) is 0 Å². The number of hydrogen-bond donors (Lipinski definition) is 1. The third-order valence-electron chi connectivity index (χ3n) is 3.33. The number of alkyl halides is 3. The highest BCUT2D eigenvalue weighted by Crippen LogP contribution is 2.17. The third kappa shape index (κ3) is 4.77. The van der Waals surface area contributed by atoms with Crippen molar-refractivity contribution in [2.24, 2.45) is 5.73 Å². The zero-order valence-corrected chi connectivity index (χ0v) is 11.3. The lowest BCUT2D eigenvalue weighted by atomic mass is 10.3. The van der Waals surface area contributed by atoms with Crippen molar-refractivity contribution in [2.75, 3.05) is 39.3 Å². The minimum atomic E-state index is -4.11. The second kappa shape index (κ2) is 6.55. The maximum atomic E-state index is 12.3. The SMILES string of the molecule is NCCn1cnc(CN2CCN(CC(F)(F)F)CC2)c1. The van der Waals surface area contributed by atoms with Gasteiger partial charge in [-0.15, -0.1) is 0 Å². The predicted octanol–water partition coefficient (Wildman–Crippen LogP) is 0.522. The lowest BCUT2D eigenvalue weighted by molar-refractivity contribution is -0.149. The fraction of sp³-hybridized carbons (Fsp3) is 0.750. The Bertz CT molecular complexity index is 409. The Labute approximate surface area is 116 Å². The second-order valence-electron chi connectivity index (χ2n) is 5.06. The van der Waals surface area contributed by atoms with E-state index < -0.39 is 12.7 Å². The van der Waals surface area contributed by atoms with Crippen molar-refractivity contribution in [3.05, 3.63) is 18.2 Å². The molecule has 0 amide bonds. The van der Waals surface area contributed by atoms with Crippen molar-refractivity contribution < 1.29 is 13.2 Å². The van der Waals surface area contributed by atoms with Crippen molar-refractivity contribution >= 4 is 0 Å². The molecule has 0 unspecified atom stereocenters. The predicted molar refractivity (Wildman–Crippen MR) is 69.1 cm³/mol. The van der Waals surface area contributed by atoms with E-state index in [-0.39, 0.29) is 0 Å². The van der Waals surface area contributed by atoms with E-state index >= 15 is 0 Å². The molecule has 0 atom stereocenters. The number of rotatable bonds is 5. The monoisotopic (exact) mass is 291 g/mol. The Morgan fingerprint density at radius 1 is 1.15 bits per heavy atom. The Morgan fingerprint density at radius 3 is 2.40 bits per heavy atom. The summed E-state index contributed by atoms with van der Waals surface area (Å²) in [6, 6.07) is 0. The number of aromatic nitrogens is 2. The zero-order chi connectivity index (χ0) is 14.6. The van der Waals surface area contributed by atoms with E-state index in [0.717, 1.165) is 12.2 Å². The lowest BCUT2D eigenvalue weighted by Crippen LogP contribution is -2.48. The maximum absolute atomic E-state index is 12.3. The van der Waals surface area contributed by atoms with Gasteiger partial charge in [0.15, 0.2) is 0 Å². The summed E-state index contributed by atoms with van der Waals surface area (Å²) in [4.78, 5) is 7.85. The minimum absolute atomic E-state index is 0.447. The van der Waals surface area contributed by atoms with E-state index in [9.17, 15) is 13.2 Å². The van der Waals surface area contributed by atoms with Gasteiger partial charge in [0, 0.05) is 52.0 Å². The third-order valence-corrected chi connectivity index (χ3v) is 3.33. The molecule has 2 rings (SSSR count).